The third kappa shape index (κ3) is 3.26. The molecule has 0 amide bonds. The van der Waals surface area contributed by atoms with Crippen LogP contribution in [0.15, 0.2) is 47.4 Å². The van der Waals surface area contributed by atoms with Crippen LogP contribution in [0.25, 0.3) is 22.2 Å². The number of rotatable bonds is 6. The highest BCUT2D eigenvalue weighted by molar-refractivity contribution is 7.98. The number of H-pyrrole nitrogens is 1. The van der Waals surface area contributed by atoms with Crippen LogP contribution >= 0.6 is 11.8 Å². The Morgan fingerprint density at radius 3 is 2.58 bits per heavy atom. The van der Waals surface area contributed by atoms with E-state index in [1.54, 1.807) is 11.8 Å². The van der Waals surface area contributed by atoms with Gasteiger partial charge in [-0.25, -0.2) is 0 Å². The van der Waals surface area contributed by atoms with Gasteiger partial charge in [-0.3, -0.25) is 4.79 Å². The van der Waals surface area contributed by atoms with Crippen molar-refractivity contribution in [1.29, 1.82) is 0 Å². The van der Waals surface area contributed by atoms with E-state index in [1.165, 1.54) is 4.90 Å². The molecule has 0 fully saturated rings. The van der Waals surface area contributed by atoms with Crippen LogP contribution in [-0.2, 0) is 11.2 Å². The molecule has 124 valence electrons. The lowest BCUT2D eigenvalue weighted by atomic mass is 10.0. The number of carbonyl (C=O) groups is 1. The van der Waals surface area contributed by atoms with Crippen molar-refractivity contribution < 1.29 is 14.6 Å². The molecule has 0 aliphatic carbocycles. The van der Waals surface area contributed by atoms with Crippen LogP contribution in [-0.4, -0.2) is 28.9 Å². The second kappa shape index (κ2) is 7.01. The van der Waals surface area contributed by atoms with E-state index in [0.717, 1.165) is 33.5 Å². The van der Waals surface area contributed by atoms with Crippen LogP contribution in [0.1, 0.15) is 12.5 Å². The number of aromatic amines is 1. The molecule has 4 nitrogen and oxygen atoms in total. The largest absolute Gasteiger partial charge is 0.494 e. The Labute approximate surface area is 144 Å². The van der Waals surface area contributed by atoms with E-state index < -0.39 is 5.97 Å². The van der Waals surface area contributed by atoms with Crippen LogP contribution in [0, 0.1) is 0 Å². The summed E-state index contributed by atoms with van der Waals surface area (Å²) >= 11 is 1.68. The molecule has 0 radical (unpaired) electrons. The van der Waals surface area contributed by atoms with Crippen molar-refractivity contribution in [3.05, 3.63) is 48.0 Å². The van der Waals surface area contributed by atoms with Crippen molar-refractivity contribution in [1.82, 2.24) is 4.98 Å². The Hall–Kier alpha value is -2.40. The fourth-order valence-electron chi connectivity index (χ4n) is 2.82. The third-order valence-electron chi connectivity index (χ3n) is 3.90. The van der Waals surface area contributed by atoms with Crippen molar-refractivity contribution in [2.24, 2.45) is 0 Å². The molecular formula is C19H19NO3S. The van der Waals surface area contributed by atoms with Gasteiger partial charge in [-0.05, 0) is 54.6 Å². The van der Waals surface area contributed by atoms with Gasteiger partial charge in [0.05, 0.1) is 18.7 Å². The van der Waals surface area contributed by atoms with E-state index in [1.807, 2.05) is 55.6 Å². The van der Waals surface area contributed by atoms with Gasteiger partial charge in [-0.1, -0.05) is 12.1 Å². The van der Waals surface area contributed by atoms with Crippen molar-refractivity contribution in [3.8, 4) is 17.0 Å². The van der Waals surface area contributed by atoms with Crippen molar-refractivity contribution >= 4 is 28.6 Å². The highest BCUT2D eigenvalue weighted by Gasteiger charge is 2.16. The lowest BCUT2D eigenvalue weighted by Crippen LogP contribution is -2.01. The summed E-state index contributed by atoms with van der Waals surface area (Å²) in [4.78, 5) is 15.9. The van der Waals surface area contributed by atoms with Crippen LogP contribution in [0.2, 0.25) is 0 Å². The van der Waals surface area contributed by atoms with Crippen LogP contribution in [0.3, 0.4) is 0 Å². The first kappa shape index (κ1) is 16.5. The second-order valence-electron chi connectivity index (χ2n) is 5.42. The first-order valence-electron chi connectivity index (χ1n) is 7.76. The van der Waals surface area contributed by atoms with E-state index in [2.05, 4.69) is 4.98 Å². The minimum Gasteiger partial charge on any atom is -0.494 e. The highest BCUT2D eigenvalue weighted by Crippen LogP contribution is 2.33. The zero-order valence-corrected chi connectivity index (χ0v) is 14.4. The molecule has 2 N–H and O–H groups in total. The SMILES string of the molecule is CCOc1ccc2[nH]c(-c3ccc(SC)cc3)c(CC(=O)O)c2c1. The molecule has 5 heteroatoms. The number of aliphatic carboxylic acids is 1. The van der Waals surface area contributed by atoms with Crippen molar-refractivity contribution in [3.63, 3.8) is 0 Å². The summed E-state index contributed by atoms with van der Waals surface area (Å²) in [5, 5.41) is 10.2. The Morgan fingerprint density at radius 2 is 1.96 bits per heavy atom. The fraction of sp³-hybridized carbons (Fsp3) is 0.211. The smallest absolute Gasteiger partial charge is 0.307 e. The number of hydrogen-bond donors (Lipinski definition) is 2. The number of ether oxygens (including phenoxy) is 1. The third-order valence-corrected chi connectivity index (χ3v) is 4.64. The highest BCUT2D eigenvalue weighted by atomic mass is 32.2. The van der Waals surface area contributed by atoms with E-state index >= 15 is 0 Å². The van der Waals surface area contributed by atoms with Gasteiger partial charge < -0.3 is 14.8 Å². The number of carboxylic acid groups (broad SMARTS) is 1. The van der Waals surface area contributed by atoms with Gasteiger partial charge in [-0.2, -0.15) is 0 Å². The zero-order valence-electron chi connectivity index (χ0n) is 13.6. The normalized spacial score (nSPS) is 10.9. The Bertz CT molecular complexity index is 868. The Balaban J connectivity index is 2.15. The molecule has 0 bridgehead atoms. The van der Waals surface area contributed by atoms with Gasteiger partial charge in [0.15, 0.2) is 0 Å². The minimum absolute atomic E-state index is 0.0325. The molecule has 3 aromatic rings. The second-order valence-corrected chi connectivity index (χ2v) is 6.30. The number of aromatic nitrogens is 1. The average Bonchev–Trinajstić information content (AvgIpc) is 2.93. The predicted octanol–water partition coefficient (Wildman–Crippen LogP) is 4.58. The zero-order chi connectivity index (χ0) is 17.1. The maximum Gasteiger partial charge on any atom is 0.307 e. The van der Waals surface area contributed by atoms with E-state index in [9.17, 15) is 9.90 Å². The number of thioether (sulfide) groups is 1. The summed E-state index contributed by atoms with van der Waals surface area (Å²) in [6.07, 6.45) is 2.00. The van der Waals surface area contributed by atoms with Gasteiger partial charge in [-0.15, -0.1) is 11.8 Å². The summed E-state index contributed by atoms with van der Waals surface area (Å²) < 4.78 is 5.56. The summed E-state index contributed by atoms with van der Waals surface area (Å²) in [7, 11) is 0. The Kier molecular flexibility index (Phi) is 4.81. The maximum absolute atomic E-state index is 11.4. The monoisotopic (exact) mass is 341 g/mol. The summed E-state index contributed by atoms with van der Waals surface area (Å²) in [6, 6.07) is 13.9. The number of carboxylic acids is 1. The van der Waals surface area contributed by atoms with Crippen LogP contribution < -0.4 is 4.74 Å². The van der Waals surface area contributed by atoms with Crippen LogP contribution in [0.4, 0.5) is 0 Å². The quantitative estimate of drug-likeness (QED) is 0.644. The molecule has 0 spiro atoms. The minimum atomic E-state index is -0.848. The van der Waals surface area contributed by atoms with Crippen molar-refractivity contribution in [2.45, 2.75) is 18.2 Å². The molecule has 2 aromatic carbocycles. The number of benzene rings is 2. The van der Waals surface area contributed by atoms with E-state index in [0.29, 0.717) is 6.61 Å². The molecule has 0 aliphatic rings. The van der Waals surface area contributed by atoms with Gasteiger partial charge in [0.1, 0.15) is 5.75 Å². The maximum atomic E-state index is 11.4. The molecule has 3 rings (SSSR count). The summed E-state index contributed by atoms with van der Waals surface area (Å²) in [5.41, 5.74) is 3.54. The average molecular weight is 341 g/mol. The predicted molar refractivity (Wildman–Crippen MR) is 98.0 cm³/mol. The first-order valence-corrected chi connectivity index (χ1v) is 8.98. The lowest BCUT2D eigenvalue weighted by Gasteiger charge is -2.05. The summed E-state index contributed by atoms with van der Waals surface area (Å²) in [5.74, 6) is -0.0976. The van der Waals surface area contributed by atoms with E-state index in [-0.39, 0.29) is 6.42 Å². The molecule has 24 heavy (non-hydrogen) atoms. The topological polar surface area (TPSA) is 62.3 Å². The molecule has 0 saturated carbocycles. The fourth-order valence-corrected chi connectivity index (χ4v) is 3.23. The van der Waals surface area contributed by atoms with Crippen LogP contribution in [0.5, 0.6) is 5.75 Å². The number of hydrogen-bond acceptors (Lipinski definition) is 3. The van der Waals surface area contributed by atoms with Gasteiger partial charge in [0.2, 0.25) is 0 Å². The Morgan fingerprint density at radius 1 is 1.21 bits per heavy atom. The first-order chi connectivity index (χ1) is 11.6. The molecule has 0 unspecified atom stereocenters. The molecular weight excluding hydrogens is 322 g/mol. The molecule has 1 aromatic heterocycles. The molecule has 0 saturated heterocycles. The van der Waals surface area contributed by atoms with Crippen molar-refractivity contribution in [2.75, 3.05) is 12.9 Å². The number of fused-ring (bicyclic) bond motifs is 1. The standard InChI is InChI=1S/C19H19NO3S/c1-3-23-13-6-9-17-15(10-13)16(11-18(21)22)19(20-17)12-4-7-14(24-2)8-5-12/h4-10,20H,3,11H2,1-2H3,(H,21,22). The van der Waals surface area contributed by atoms with E-state index in [4.69, 9.17) is 4.74 Å². The molecule has 1 heterocycles. The van der Waals surface area contributed by atoms with Gasteiger partial charge in [0.25, 0.3) is 0 Å². The van der Waals surface area contributed by atoms with Gasteiger partial charge in [0, 0.05) is 15.8 Å². The number of nitrogens with one attached hydrogen (secondary N) is 1. The molecule has 0 aliphatic heterocycles. The van der Waals surface area contributed by atoms with Gasteiger partial charge >= 0.3 is 5.97 Å². The summed E-state index contributed by atoms with van der Waals surface area (Å²) in [6.45, 7) is 2.51. The molecule has 0 atom stereocenters. The lowest BCUT2D eigenvalue weighted by molar-refractivity contribution is -0.136.